The Kier molecular flexibility index (Phi) is 11.9. The number of benzene rings is 2. The maximum atomic E-state index is 14.0. The highest BCUT2D eigenvalue weighted by molar-refractivity contribution is 8.14. The first-order valence-corrected chi connectivity index (χ1v) is 17.2. The number of pyridine rings is 1. The highest BCUT2D eigenvalue weighted by Gasteiger charge is 2.42. The van der Waals surface area contributed by atoms with E-state index in [2.05, 4.69) is 14.4 Å². The summed E-state index contributed by atoms with van der Waals surface area (Å²) in [6.45, 7) is 1.52. The van der Waals surface area contributed by atoms with E-state index in [4.69, 9.17) is 32.7 Å². The van der Waals surface area contributed by atoms with Gasteiger partial charge in [-0.05, 0) is 68.0 Å². The number of aromatic nitrogens is 1. The standard InChI is InChI=1S/C31H32Cl2F2N2O7S2/c1-18(38)45-31(2,3)28(37-46(40,41)21-7-5-4-6-8-21)29(39)43-26(14-22-23(32)15-36-16-24(22)33)20-11-12-25(44-30(34)35)27(13-20)42-17-19-9-10-19/h4-8,11-13,15-16,19,26,28,30,37H,9-10,14,17H2,1-3H3/t26-,28?/m0/s1. The van der Waals surface area contributed by atoms with Crippen molar-refractivity contribution >= 4 is 56.1 Å². The van der Waals surface area contributed by atoms with Crippen molar-refractivity contribution in [3.05, 3.63) is 82.1 Å². The van der Waals surface area contributed by atoms with Crippen LogP contribution in [0.3, 0.4) is 0 Å². The molecule has 0 bridgehead atoms. The van der Waals surface area contributed by atoms with E-state index in [1.807, 2.05) is 0 Å². The summed E-state index contributed by atoms with van der Waals surface area (Å²) in [5.41, 5.74) is 0.662. The first-order chi connectivity index (χ1) is 21.7. The number of hydrogen-bond acceptors (Lipinski definition) is 9. The van der Waals surface area contributed by atoms with Crippen molar-refractivity contribution in [1.29, 1.82) is 0 Å². The number of rotatable bonds is 15. The summed E-state index contributed by atoms with van der Waals surface area (Å²) in [5, 5.41) is -0.0175. The predicted molar refractivity (Wildman–Crippen MR) is 171 cm³/mol. The van der Waals surface area contributed by atoms with Gasteiger partial charge in [0.05, 0.1) is 21.5 Å². The number of alkyl halides is 2. The molecule has 248 valence electrons. The lowest BCUT2D eigenvalue weighted by Crippen LogP contribution is -2.53. The van der Waals surface area contributed by atoms with Crippen molar-refractivity contribution in [2.24, 2.45) is 5.92 Å². The van der Waals surface area contributed by atoms with Crippen LogP contribution in [-0.2, 0) is 30.8 Å². The van der Waals surface area contributed by atoms with E-state index in [1.165, 1.54) is 75.6 Å². The Bertz CT molecular complexity index is 1640. The van der Waals surface area contributed by atoms with E-state index < -0.39 is 39.5 Å². The van der Waals surface area contributed by atoms with Crippen LogP contribution in [0, 0.1) is 5.92 Å². The molecule has 0 amide bonds. The van der Waals surface area contributed by atoms with Gasteiger partial charge in [0.1, 0.15) is 12.1 Å². The molecule has 1 unspecified atom stereocenters. The molecule has 1 fully saturated rings. The molecule has 1 saturated carbocycles. The third-order valence-electron chi connectivity index (χ3n) is 6.99. The summed E-state index contributed by atoms with van der Waals surface area (Å²) in [4.78, 5) is 30.0. The maximum Gasteiger partial charge on any atom is 0.387 e. The number of esters is 1. The molecule has 2 atom stereocenters. The lowest BCUT2D eigenvalue weighted by Gasteiger charge is -2.33. The van der Waals surface area contributed by atoms with Crippen LogP contribution >= 0.6 is 35.0 Å². The van der Waals surface area contributed by atoms with Crippen LogP contribution < -0.4 is 14.2 Å². The number of hydrogen-bond donors (Lipinski definition) is 1. The van der Waals surface area contributed by atoms with Crippen LogP contribution in [0.15, 0.2) is 65.8 Å². The Balaban J connectivity index is 1.75. The predicted octanol–water partition coefficient (Wildman–Crippen LogP) is 7.01. The molecule has 46 heavy (non-hydrogen) atoms. The van der Waals surface area contributed by atoms with Gasteiger partial charge in [0.2, 0.25) is 10.0 Å². The fraction of sp³-hybridized carbons (Fsp3) is 0.387. The molecule has 4 rings (SSSR count). The van der Waals surface area contributed by atoms with Gasteiger partial charge in [-0.3, -0.25) is 14.6 Å². The Morgan fingerprint density at radius 1 is 1.07 bits per heavy atom. The Morgan fingerprint density at radius 3 is 2.30 bits per heavy atom. The molecule has 15 heteroatoms. The number of halogens is 4. The SMILES string of the molecule is CC(=O)SC(C)(C)C(NS(=O)(=O)c1ccccc1)C(=O)O[C@@H](Cc1c(Cl)cncc1Cl)c1ccc(OC(F)F)c(OCC2CC2)c1. The van der Waals surface area contributed by atoms with Crippen LogP contribution in [-0.4, -0.2) is 48.5 Å². The van der Waals surface area contributed by atoms with Gasteiger partial charge in [-0.25, -0.2) is 8.42 Å². The van der Waals surface area contributed by atoms with Gasteiger partial charge in [0.25, 0.3) is 0 Å². The van der Waals surface area contributed by atoms with Crippen molar-refractivity contribution < 1.29 is 41.0 Å². The van der Waals surface area contributed by atoms with Crippen molar-refractivity contribution in [2.75, 3.05) is 6.61 Å². The molecule has 9 nitrogen and oxygen atoms in total. The first-order valence-electron chi connectivity index (χ1n) is 14.1. The summed E-state index contributed by atoms with van der Waals surface area (Å²) in [7, 11) is -4.26. The molecular formula is C31H32Cl2F2N2O7S2. The average molecular weight is 718 g/mol. The topological polar surface area (TPSA) is 121 Å². The van der Waals surface area contributed by atoms with E-state index in [-0.39, 0.29) is 50.5 Å². The summed E-state index contributed by atoms with van der Waals surface area (Å²) < 4.78 is 70.7. The molecule has 0 radical (unpaired) electrons. The van der Waals surface area contributed by atoms with Gasteiger partial charge in [0.15, 0.2) is 16.6 Å². The molecule has 0 aliphatic heterocycles. The lowest BCUT2D eigenvalue weighted by molar-refractivity contribution is -0.152. The number of carbonyl (C=O) groups is 2. The van der Waals surface area contributed by atoms with Crippen molar-refractivity contribution in [3.8, 4) is 11.5 Å². The van der Waals surface area contributed by atoms with Crippen molar-refractivity contribution in [1.82, 2.24) is 9.71 Å². The monoisotopic (exact) mass is 716 g/mol. The van der Waals surface area contributed by atoms with Crippen molar-refractivity contribution in [3.63, 3.8) is 0 Å². The maximum absolute atomic E-state index is 14.0. The highest BCUT2D eigenvalue weighted by atomic mass is 35.5. The number of ether oxygens (including phenoxy) is 3. The van der Waals surface area contributed by atoms with E-state index in [1.54, 1.807) is 6.07 Å². The normalized spacial score (nSPS) is 14.9. The minimum Gasteiger partial charge on any atom is -0.489 e. The summed E-state index contributed by atoms with van der Waals surface area (Å²) in [5.74, 6) is -0.938. The minimum atomic E-state index is -4.26. The van der Waals surface area contributed by atoms with Crippen LogP contribution in [0.4, 0.5) is 8.78 Å². The van der Waals surface area contributed by atoms with Crippen LogP contribution in [0.5, 0.6) is 11.5 Å². The lowest BCUT2D eigenvalue weighted by atomic mass is 10.00. The largest absolute Gasteiger partial charge is 0.489 e. The van der Waals surface area contributed by atoms with Crippen LogP contribution in [0.2, 0.25) is 10.0 Å². The molecule has 3 aromatic rings. The fourth-order valence-corrected chi connectivity index (χ4v) is 7.46. The van der Waals surface area contributed by atoms with Crippen molar-refractivity contribution in [2.45, 2.75) is 68.4 Å². The minimum absolute atomic E-state index is 0.00599. The molecule has 1 aliphatic carbocycles. The summed E-state index contributed by atoms with van der Waals surface area (Å²) in [6, 6.07) is 9.95. The van der Waals surface area contributed by atoms with Gasteiger partial charge in [-0.2, -0.15) is 13.5 Å². The Morgan fingerprint density at radius 2 is 1.72 bits per heavy atom. The second-order valence-corrected chi connectivity index (χ2v) is 15.5. The highest BCUT2D eigenvalue weighted by Crippen LogP contribution is 2.39. The molecule has 1 heterocycles. The third kappa shape index (κ3) is 9.77. The number of carbonyl (C=O) groups excluding carboxylic acids is 2. The summed E-state index contributed by atoms with van der Waals surface area (Å²) >= 11 is 13.6. The molecule has 2 aromatic carbocycles. The zero-order valence-electron chi connectivity index (χ0n) is 25.0. The second kappa shape index (κ2) is 15.3. The van der Waals surface area contributed by atoms with Gasteiger partial charge >= 0.3 is 12.6 Å². The summed E-state index contributed by atoms with van der Waals surface area (Å²) in [6.07, 6.45) is 3.30. The average Bonchev–Trinajstić information content (AvgIpc) is 3.81. The number of nitrogens with one attached hydrogen (secondary N) is 1. The number of sulfonamides is 1. The van der Waals surface area contributed by atoms with Gasteiger partial charge in [0, 0.05) is 30.5 Å². The molecular weight excluding hydrogens is 685 g/mol. The van der Waals surface area contributed by atoms with Crippen LogP contribution in [0.25, 0.3) is 0 Å². The zero-order valence-corrected chi connectivity index (χ0v) is 28.2. The Labute approximate surface area is 280 Å². The quantitative estimate of drug-likeness (QED) is 0.166. The molecule has 1 N–H and O–H groups in total. The second-order valence-electron chi connectivity index (χ2n) is 11.1. The molecule has 1 aromatic heterocycles. The smallest absolute Gasteiger partial charge is 0.387 e. The zero-order chi connectivity index (χ0) is 33.6. The van der Waals surface area contributed by atoms with Gasteiger partial charge in [-0.1, -0.05) is 59.2 Å². The van der Waals surface area contributed by atoms with Gasteiger partial charge in [-0.15, -0.1) is 0 Å². The van der Waals surface area contributed by atoms with E-state index in [0.29, 0.717) is 11.1 Å². The molecule has 0 saturated heterocycles. The van der Waals surface area contributed by atoms with E-state index >= 15 is 0 Å². The number of nitrogens with zero attached hydrogens (tertiary/aromatic N) is 1. The van der Waals surface area contributed by atoms with E-state index in [9.17, 15) is 26.8 Å². The number of thioether (sulfide) groups is 1. The molecule has 0 spiro atoms. The first kappa shape index (κ1) is 35.9. The Hall–Kier alpha value is -2.97. The fourth-order valence-electron chi connectivity index (χ4n) is 4.50. The van der Waals surface area contributed by atoms with Crippen LogP contribution in [0.1, 0.15) is 50.8 Å². The van der Waals surface area contributed by atoms with E-state index in [0.717, 1.165) is 24.6 Å². The molecule has 1 aliphatic rings. The van der Waals surface area contributed by atoms with Gasteiger partial charge < -0.3 is 14.2 Å². The third-order valence-corrected chi connectivity index (χ3v) is 10.1.